The third-order valence-electron chi connectivity index (χ3n) is 5.32. The van der Waals surface area contributed by atoms with Crippen LogP contribution in [0.1, 0.15) is 32.1 Å². The summed E-state index contributed by atoms with van der Waals surface area (Å²) in [7, 11) is 2.18. The number of amides is 1. The summed E-state index contributed by atoms with van der Waals surface area (Å²) in [6.07, 6.45) is 6.39. The number of rotatable bonds is 3. The first-order valence-electron chi connectivity index (χ1n) is 7.93. The van der Waals surface area contributed by atoms with Crippen LogP contribution in [0.4, 0.5) is 0 Å². The van der Waals surface area contributed by atoms with E-state index in [1.807, 2.05) is 0 Å². The van der Waals surface area contributed by atoms with Crippen LogP contribution in [-0.4, -0.2) is 50.1 Å². The van der Waals surface area contributed by atoms with E-state index in [1.54, 1.807) is 0 Å². The number of hydrogen-bond acceptors (Lipinski definition) is 3. The molecule has 0 aromatic heterocycles. The molecule has 2 N–H and O–H groups in total. The molecule has 0 aromatic rings. The van der Waals surface area contributed by atoms with E-state index in [9.17, 15) is 4.79 Å². The maximum Gasteiger partial charge on any atom is 0.237 e. The maximum atomic E-state index is 12.3. The topological polar surface area (TPSA) is 44.4 Å². The van der Waals surface area contributed by atoms with Gasteiger partial charge in [0.2, 0.25) is 5.91 Å². The van der Waals surface area contributed by atoms with Crippen molar-refractivity contribution in [3.05, 3.63) is 0 Å². The van der Waals surface area contributed by atoms with E-state index in [-0.39, 0.29) is 11.9 Å². The Bertz CT molecular complexity index is 333. The lowest BCUT2D eigenvalue weighted by Crippen LogP contribution is -2.47. The number of carbonyl (C=O) groups is 1. The molecule has 1 saturated carbocycles. The van der Waals surface area contributed by atoms with Gasteiger partial charge in [0.15, 0.2) is 0 Å². The second-order valence-corrected chi connectivity index (χ2v) is 6.76. The Morgan fingerprint density at radius 3 is 3.05 bits per heavy atom. The van der Waals surface area contributed by atoms with Gasteiger partial charge in [-0.05, 0) is 63.6 Å². The van der Waals surface area contributed by atoms with Crippen LogP contribution in [0.15, 0.2) is 0 Å². The minimum atomic E-state index is 0.0915. The van der Waals surface area contributed by atoms with Crippen molar-refractivity contribution in [1.82, 2.24) is 15.5 Å². The van der Waals surface area contributed by atoms with Gasteiger partial charge in [-0.2, -0.15) is 0 Å². The Morgan fingerprint density at radius 2 is 2.21 bits per heavy atom. The van der Waals surface area contributed by atoms with Gasteiger partial charge in [0, 0.05) is 13.1 Å². The normalized spacial score (nSPS) is 39.2. The number of carbonyl (C=O) groups excluding carboxylic acids is 1. The largest absolute Gasteiger partial charge is 0.354 e. The molecule has 2 heterocycles. The molecule has 108 valence electrons. The Kier molecular flexibility index (Phi) is 4.08. The van der Waals surface area contributed by atoms with Gasteiger partial charge in [-0.25, -0.2) is 0 Å². The molecule has 3 fully saturated rings. The molecule has 4 atom stereocenters. The molecule has 4 unspecified atom stereocenters. The standard InChI is InChI=1S/C15H27N3O/c1-18-7-3-4-11(10-18)8-17-15(19)14-13-6-2-5-12(13)9-16-14/h11-14,16H,2-10H2,1H3,(H,17,19). The van der Waals surface area contributed by atoms with Crippen LogP contribution in [0, 0.1) is 17.8 Å². The number of fused-ring (bicyclic) bond motifs is 1. The monoisotopic (exact) mass is 265 g/mol. The predicted octanol–water partition coefficient (Wildman–Crippen LogP) is 0.833. The molecule has 1 amide bonds. The van der Waals surface area contributed by atoms with Gasteiger partial charge in [-0.15, -0.1) is 0 Å². The Labute approximate surface area is 116 Å². The highest BCUT2D eigenvalue weighted by Gasteiger charge is 2.42. The molecule has 0 aromatic carbocycles. The van der Waals surface area contributed by atoms with Crippen molar-refractivity contribution in [1.29, 1.82) is 0 Å². The smallest absolute Gasteiger partial charge is 0.237 e. The summed E-state index contributed by atoms with van der Waals surface area (Å²) in [4.78, 5) is 14.7. The molecule has 2 aliphatic heterocycles. The van der Waals surface area contributed by atoms with Crippen LogP contribution in [0.3, 0.4) is 0 Å². The number of nitrogens with one attached hydrogen (secondary N) is 2. The summed E-state index contributed by atoms with van der Waals surface area (Å²) in [5, 5.41) is 6.63. The van der Waals surface area contributed by atoms with Gasteiger partial charge in [0.1, 0.15) is 0 Å². The fourth-order valence-electron chi connectivity index (χ4n) is 4.27. The van der Waals surface area contributed by atoms with E-state index in [1.165, 1.54) is 38.6 Å². The lowest BCUT2D eigenvalue weighted by atomic mass is 9.93. The van der Waals surface area contributed by atoms with Gasteiger partial charge in [-0.3, -0.25) is 4.79 Å². The number of hydrogen-bond donors (Lipinski definition) is 2. The maximum absolute atomic E-state index is 12.3. The second kappa shape index (κ2) is 5.80. The first kappa shape index (κ1) is 13.4. The van der Waals surface area contributed by atoms with E-state index < -0.39 is 0 Å². The van der Waals surface area contributed by atoms with Crippen molar-refractivity contribution in [2.45, 2.75) is 38.1 Å². The molecule has 4 heteroatoms. The van der Waals surface area contributed by atoms with Gasteiger partial charge >= 0.3 is 0 Å². The molecule has 3 aliphatic rings. The van der Waals surface area contributed by atoms with E-state index >= 15 is 0 Å². The van der Waals surface area contributed by atoms with Crippen molar-refractivity contribution >= 4 is 5.91 Å². The molecule has 19 heavy (non-hydrogen) atoms. The molecule has 0 radical (unpaired) electrons. The summed E-state index contributed by atoms with van der Waals surface area (Å²) in [5.41, 5.74) is 0. The van der Waals surface area contributed by atoms with Gasteiger partial charge in [-0.1, -0.05) is 6.42 Å². The average molecular weight is 265 g/mol. The minimum Gasteiger partial charge on any atom is -0.354 e. The van der Waals surface area contributed by atoms with Gasteiger partial charge in [0.25, 0.3) is 0 Å². The zero-order chi connectivity index (χ0) is 13.2. The van der Waals surface area contributed by atoms with Crippen LogP contribution in [0.2, 0.25) is 0 Å². The SMILES string of the molecule is CN1CCCC(CNC(=O)C2NCC3CCCC32)C1. The lowest BCUT2D eigenvalue weighted by Gasteiger charge is -2.30. The van der Waals surface area contributed by atoms with Crippen molar-refractivity contribution < 1.29 is 4.79 Å². The van der Waals surface area contributed by atoms with E-state index in [4.69, 9.17) is 0 Å². The predicted molar refractivity (Wildman–Crippen MR) is 75.9 cm³/mol. The van der Waals surface area contributed by atoms with Gasteiger partial charge in [0.05, 0.1) is 6.04 Å². The molecule has 4 nitrogen and oxygen atoms in total. The van der Waals surface area contributed by atoms with Crippen molar-refractivity contribution in [3.63, 3.8) is 0 Å². The molecule has 0 bridgehead atoms. The average Bonchev–Trinajstić information content (AvgIpc) is 2.98. The third-order valence-corrected chi connectivity index (χ3v) is 5.32. The molecule has 0 spiro atoms. The lowest BCUT2D eigenvalue weighted by molar-refractivity contribution is -0.124. The number of likely N-dealkylation sites (tertiary alicyclic amines) is 1. The highest BCUT2D eigenvalue weighted by molar-refractivity contribution is 5.82. The molecule has 3 rings (SSSR count). The van der Waals surface area contributed by atoms with E-state index in [0.717, 1.165) is 25.6 Å². The molecular weight excluding hydrogens is 238 g/mol. The molecule has 1 aliphatic carbocycles. The zero-order valence-corrected chi connectivity index (χ0v) is 12.0. The van der Waals surface area contributed by atoms with Crippen LogP contribution >= 0.6 is 0 Å². The summed E-state index contributed by atoms with van der Waals surface area (Å²) in [6, 6.07) is 0.0915. The summed E-state index contributed by atoms with van der Waals surface area (Å²) >= 11 is 0. The van der Waals surface area contributed by atoms with Crippen LogP contribution in [-0.2, 0) is 4.79 Å². The number of nitrogens with zero attached hydrogens (tertiary/aromatic N) is 1. The first-order chi connectivity index (χ1) is 9.24. The van der Waals surface area contributed by atoms with E-state index in [2.05, 4.69) is 22.6 Å². The Balaban J connectivity index is 1.46. The Hall–Kier alpha value is -0.610. The van der Waals surface area contributed by atoms with Crippen molar-refractivity contribution in [2.75, 3.05) is 33.2 Å². The highest BCUT2D eigenvalue weighted by Crippen LogP contribution is 2.37. The molecular formula is C15H27N3O. The van der Waals surface area contributed by atoms with Crippen molar-refractivity contribution in [3.8, 4) is 0 Å². The first-order valence-corrected chi connectivity index (χ1v) is 7.93. The fourth-order valence-corrected chi connectivity index (χ4v) is 4.27. The Morgan fingerprint density at radius 1 is 1.32 bits per heavy atom. The summed E-state index contributed by atoms with van der Waals surface area (Å²) < 4.78 is 0. The summed E-state index contributed by atoms with van der Waals surface area (Å²) in [5.74, 6) is 2.26. The van der Waals surface area contributed by atoms with E-state index in [0.29, 0.717) is 11.8 Å². The minimum absolute atomic E-state index is 0.0915. The summed E-state index contributed by atoms with van der Waals surface area (Å²) in [6.45, 7) is 4.25. The quantitative estimate of drug-likeness (QED) is 0.794. The fraction of sp³-hybridized carbons (Fsp3) is 0.933. The van der Waals surface area contributed by atoms with Crippen LogP contribution in [0.25, 0.3) is 0 Å². The highest BCUT2D eigenvalue weighted by atomic mass is 16.2. The zero-order valence-electron chi connectivity index (χ0n) is 12.0. The van der Waals surface area contributed by atoms with Crippen LogP contribution < -0.4 is 10.6 Å². The van der Waals surface area contributed by atoms with Crippen LogP contribution in [0.5, 0.6) is 0 Å². The van der Waals surface area contributed by atoms with Crippen molar-refractivity contribution in [2.24, 2.45) is 17.8 Å². The molecule has 2 saturated heterocycles. The third kappa shape index (κ3) is 2.95. The second-order valence-electron chi connectivity index (χ2n) is 6.76. The number of piperidine rings is 1. The van der Waals surface area contributed by atoms with Gasteiger partial charge < -0.3 is 15.5 Å².